The number of hydrogen-bond acceptors (Lipinski definition) is 8. The topological polar surface area (TPSA) is 114 Å². The minimum Gasteiger partial charge on any atom is -0.284 e. The van der Waals surface area contributed by atoms with Gasteiger partial charge in [-0.25, -0.2) is 5.43 Å². The van der Waals surface area contributed by atoms with E-state index < -0.39 is 0 Å². The van der Waals surface area contributed by atoms with Crippen LogP contribution in [-0.4, -0.2) is 36.4 Å². The highest BCUT2D eigenvalue weighted by atomic mass is 32.2. The monoisotopic (exact) mass is 510 g/mol. The second kappa shape index (κ2) is 10.8. The average Bonchev–Trinajstić information content (AvgIpc) is 3.59. The summed E-state index contributed by atoms with van der Waals surface area (Å²) in [5, 5.41) is 27.7. The first-order chi connectivity index (χ1) is 17.7. The maximum Gasteiger partial charge on any atom is 0.250 e. The first kappa shape index (κ1) is 23.2. The van der Waals surface area contributed by atoms with Crippen LogP contribution >= 0.6 is 23.1 Å². The summed E-state index contributed by atoms with van der Waals surface area (Å²) < 4.78 is 3.55. The van der Waals surface area contributed by atoms with E-state index in [0.29, 0.717) is 15.5 Å². The molecule has 0 aliphatic carbocycles. The summed E-state index contributed by atoms with van der Waals surface area (Å²) in [6.45, 7) is 0. The molecule has 1 amide bonds. The molecule has 9 nitrogen and oxygen atoms in total. The summed E-state index contributed by atoms with van der Waals surface area (Å²) in [4.78, 5) is 13.2. The van der Waals surface area contributed by atoms with Gasteiger partial charge in [0, 0.05) is 11.1 Å². The van der Waals surface area contributed by atoms with E-state index in [-0.39, 0.29) is 11.7 Å². The lowest BCUT2D eigenvalue weighted by atomic mass is 10.1. The van der Waals surface area contributed by atoms with Crippen LogP contribution in [0.5, 0.6) is 0 Å². The number of hydrogen-bond donors (Lipinski definition) is 1. The lowest BCUT2D eigenvalue weighted by molar-refractivity contribution is -0.118. The highest BCUT2D eigenvalue weighted by molar-refractivity contribution is 7.99. The van der Waals surface area contributed by atoms with Crippen molar-refractivity contribution in [3.05, 3.63) is 101 Å². The molecular weight excluding hydrogens is 492 g/mol. The molecule has 0 saturated carbocycles. The van der Waals surface area contributed by atoms with Gasteiger partial charge in [-0.3, -0.25) is 9.36 Å². The Hall–Kier alpha value is -4.53. The quantitative estimate of drug-likeness (QED) is 0.263. The first-order valence-electron chi connectivity index (χ1n) is 10.8. The third kappa shape index (κ3) is 5.10. The molecule has 0 bridgehead atoms. The van der Waals surface area contributed by atoms with E-state index in [0.717, 1.165) is 22.6 Å². The molecule has 36 heavy (non-hydrogen) atoms. The molecule has 3 aromatic carbocycles. The second-order valence-corrected chi connectivity index (χ2v) is 9.19. The molecule has 11 heteroatoms. The zero-order valence-corrected chi connectivity index (χ0v) is 20.4. The van der Waals surface area contributed by atoms with Gasteiger partial charge in [-0.1, -0.05) is 60.3 Å². The Kier molecular flexibility index (Phi) is 6.98. The van der Waals surface area contributed by atoms with Gasteiger partial charge in [0.25, 0.3) is 5.91 Å². The number of nitrogens with one attached hydrogen (secondary N) is 1. The number of carbonyl (C=O) groups excluding carboxylic acids is 1. The van der Waals surface area contributed by atoms with Crippen LogP contribution in [0.25, 0.3) is 22.6 Å². The van der Waals surface area contributed by atoms with E-state index in [9.17, 15) is 4.79 Å². The van der Waals surface area contributed by atoms with Crippen LogP contribution in [0.15, 0.2) is 101 Å². The van der Waals surface area contributed by atoms with Gasteiger partial charge in [-0.05, 0) is 52.4 Å². The summed E-state index contributed by atoms with van der Waals surface area (Å²) in [6.07, 6.45) is 0. The number of amides is 1. The van der Waals surface area contributed by atoms with Crippen molar-refractivity contribution in [2.45, 2.75) is 5.16 Å². The number of nitriles is 1. The molecule has 0 radical (unpaired) electrons. The minimum absolute atomic E-state index is 0.0932. The molecule has 0 aliphatic heterocycles. The van der Waals surface area contributed by atoms with Crippen molar-refractivity contribution in [3.63, 3.8) is 0 Å². The molecule has 2 heterocycles. The van der Waals surface area contributed by atoms with Crippen molar-refractivity contribution in [3.8, 4) is 28.7 Å². The maximum absolute atomic E-state index is 12.6. The third-order valence-corrected chi connectivity index (χ3v) is 6.83. The smallest absolute Gasteiger partial charge is 0.250 e. The van der Waals surface area contributed by atoms with Crippen LogP contribution in [0.4, 0.5) is 0 Å². The number of thiazole rings is 1. The zero-order valence-electron chi connectivity index (χ0n) is 18.7. The summed E-state index contributed by atoms with van der Waals surface area (Å²) in [5.74, 6) is -0.189. The van der Waals surface area contributed by atoms with Gasteiger partial charge in [-0.15, -0.1) is 21.5 Å². The standard InChI is InChI=1S/C25H18N8OS2/c26-15-18-11-13-19(14-12-18)22-16-35-24(32(22)20-7-3-1-4-8-20)28-27-23(34)17-36-25-29-30-31-33(25)21-9-5-2-6-10-21/h1-14,16H,17H2,(H,27,34)/b28-24+. The van der Waals surface area contributed by atoms with E-state index in [1.54, 1.807) is 16.8 Å². The highest BCUT2D eigenvalue weighted by Gasteiger charge is 2.13. The van der Waals surface area contributed by atoms with Gasteiger partial charge in [0.05, 0.1) is 28.8 Å². The normalized spacial score (nSPS) is 11.2. The van der Waals surface area contributed by atoms with E-state index >= 15 is 0 Å². The number of para-hydroxylation sites is 2. The molecule has 0 fully saturated rings. The van der Waals surface area contributed by atoms with Crippen LogP contribution in [0, 0.1) is 11.3 Å². The maximum atomic E-state index is 12.6. The number of rotatable bonds is 7. The van der Waals surface area contributed by atoms with Crippen LogP contribution in [-0.2, 0) is 4.79 Å². The number of thioether (sulfide) groups is 1. The molecule has 0 saturated heterocycles. The molecular formula is C25H18N8OS2. The van der Waals surface area contributed by atoms with Crippen LogP contribution in [0.2, 0.25) is 0 Å². The van der Waals surface area contributed by atoms with Gasteiger partial charge >= 0.3 is 0 Å². The lowest BCUT2D eigenvalue weighted by Crippen LogP contribution is -2.25. The van der Waals surface area contributed by atoms with Gasteiger partial charge in [0.15, 0.2) is 0 Å². The molecule has 1 N–H and O–H groups in total. The fourth-order valence-corrected chi connectivity index (χ4v) is 4.95. The molecule has 0 unspecified atom stereocenters. The second-order valence-electron chi connectivity index (χ2n) is 7.41. The lowest BCUT2D eigenvalue weighted by Gasteiger charge is -2.09. The summed E-state index contributed by atoms with van der Waals surface area (Å²) in [7, 11) is 0. The fraction of sp³-hybridized carbons (Fsp3) is 0.0400. The van der Waals surface area contributed by atoms with Crippen molar-refractivity contribution in [1.82, 2.24) is 30.2 Å². The Morgan fingerprint density at radius 1 is 1.00 bits per heavy atom. The van der Waals surface area contributed by atoms with Crippen molar-refractivity contribution in [2.75, 3.05) is 5.75 Å². The molecule has 2 aromatic heterocycles. The summed E-state index contributed by atoms with van der Waals surface area (Å²) >= 11 is 2.63. The van der Waals surface area contributed by atoms with Crippen molar-refractivity contribution in [1.29, 1.82) is 5.26 Å². The SMILES string of the molecule is N#Cc1ccc(-c2cs/c(=N/NC(=O)CSc3nnnn3-c3ccccc3)n2-c2ccccc2)cc1. The van der Waals surface area contributed by atoms with Crippen molar-refractivity contribution in [2.24, 2.45) is 5.10 Å². The predicted molar refractivity (Wildman–Crippen MR) is 137 cm³/mol. The number of aromatic nitrogens is 5. The third-order valence-electron chi connectivity index (χ3n) is 5.08. The van der Waals surface area contributed by atoms with Crippen LogP contribution in [0.1, 0.15) is 5.56 Å². The Morgan fingerprint density at radius 3 is 2.39 bits per heavy atom. The van der Waals surface area contributed by atoms with Crippen molar-refractivity contribution >= 4 is 29.0 Å². The van der Waals surface area contributed by atoms with Gasteiger partial charge in [0.1, 0.15) is 0 Å². The number of nitrogens with zero attached hydrogens (tertiary/aromatic N) is 7. The van der Waals surface area contributed by atoms with E-state index in [1.165, 1.54) is 23.1 Å². The molecule has 5 aromatic rings. The Bertz CT molecular complexity index is 1580. The largest absolute Gasteiger partial charge is 0.284 e. The van der Waals surface area contributed by atoms with Crippen LogP contribution in [0.3, 0.4) is 0 Å². The number of benzene rings is 3. The Morgan fingerprint density at radius 2 is 1.69 bits per heavy atom. The summed E-state index contributed by atoms with van der Waals surface area (Å²) in [6, 6.07) is 28.7. The van der Waals surface area contributed by atoms with E-state index in [4.69, 9.17) is 5.26 Å². The Labute approximate surface area is 214 Å². The van der Waals surface area contributed by atoms with Crippen molar-refractivity contribution < 1.29 is 4.79 Å². The summed E-state index contributed by atoms with van der Waals surface area (Å²) in [5.41, 5.74) is 6.79. The average molecular weight is 511 g/mol. The molecule has 5 rings (SSSR count). The highest BCUT2D eigenvalue weighted by Crippen LogP contribution is 2.24. The molecule has 0 atom stereocenters. The fourth-order valence-electron chi connectivity index (χ4n) is 3.41. The Balaban J connectivity index is 1.37. The zero-order chi connectivity index (χ0) is 24.7. The first-order valence-corrected chi connectivity index (χ1v) is 12.6. The molecule has 176 valence electrons. The van der Waals surface area contributed by atoms with Crippen LogP contribution < -0.4 is 10.2 Å². The van der Waals surface area contributed by atoms with Gasteiger partial charge in [-0.2, -0.15) is 9.94 Å². The molecule has 0 aliphatic rings. The molecule has 0 spiro atoms. The van der Waals surface area contributed by atoms with E-state index in [1.807, 2.05) is 82.7 Å². The predicted octanol–water partition coefficient (Wildman–Crippen LogP) is 3.78. The van der Waals surface area contributed by atoms with E-state index in [2.05, 4.69) is 32.1 Å². The number of tetrazole rings is 1. The van der Waals surface area contributed by atoms with Gasteiger partial charge in [0.2, 0.25) is 9.96 Å². The minimum atomic E-state index is -0.282. The van der Waals surface area contributed by atoms with Gasteiger partial charge < -0.3 is 0 Å². The number of carbonyl (C=O) groups is 1.